The summed E-state index contributed by atoms with van der Waals surface area (Å²) in [6, 6.07) is 4.83. The van der Waals surface area contributed by atoms with Crippen LogP contribution in [-0.2, 0) is 9.59 Å². The Kier molecular flexibility index (Phi) is 8.49. The van der Waals surface area contributed by atoms with Gasteiger partial charge < -0.3 is 25.4 Å². The van der Waals surface area contributed by atoms with Gasteiger partial charge in [0, 0.05) is 18.0 Å². The molecule has 1 aliphatic rings. The van der Waals surface area contributed by atoms with E-state index < -0.39 is 28.6 Å². The predicted molar refractivity (Wildman–Crippen MR) is 143 cm³/mol. The number of aromatic nitrogens is 2. The largest absolute Gasteiger partial charge is 0.493 e. The average Bonchev–Trinajstić information content (AvgIpc) is 2.95. The predicted octanol–water partition coefficient (Wildman–Crippen LogP) is 4.75. The summed E-state index contributed by atoms with van der Waals surface area (Å²) in [5.74, 6) is -1.81. The molecule has 3 atom stereocenters. The van der Waals surface area contributed by atoms with Crippen molar-refractivity contribution in [2.75, 3.05) is 19.0 Å². The van der Waals surface area contributed by atoms with Gasteiger partial charge in [-0.05, 0) is 49.5 Å². The number of benzene rings is 2. The van der Waals surface area contributed by atoms with Gasteiger partial charge in [0.2, 0.25) is 11.8 Å². The van der Waals surface area contributed by atoms with Gasteiger partial charge >= 0.3 is 0 Å². The van der Waals surface area contributed by atoms with Crippen molar-refractivity contribution in [1.82, 2.24) is 14.9 Å². The number of nitrogens with zero attached hydrogens (tertiary/aromatic N) is 3. The minimum Gasteiger partial charge on any atom is -0.493 e. The van der Waals surface area contributed by atoms with Crippen molar-refractivity contribution in [3.05, 3.63) is 59.9 Å². The number of halogens is 3. The summed E-state index contributed by atoms with van der Waals surface area (Å²) in [6.07, 6.45) is 3.66. The number of carbonyl (C=O) groups is 2. The lowest BCUT2D eigenvalue weighted by molar-refractivity contribution is -0.139. The molecule has 0 bridgehead atoms. The summed E-state index contributed by atoms with van der Waals surface area (Å²) >= 11 is 5.73. The Balaban J connectivity index is 1.65. The summed E-state index contributed by atoms with van der Waals surface area (Å²) in [5.41, 5.74) is 6.04. The molecule has 206 valence electrons. The summed E-state index contributed by atoms with van der Waals surface area (Å²) in [4.78, 5) is 34.3. The van der Waals surface area contributed by atoms with E-state index in [1.807, 2.05) is 6.92 Å². The molecular weight excluding hydrogens is 532 g/mol. The molecule has 0 spiro atoms. The number of fused-ring (bicyclic) bond motifs is 1. The van der Waals surface area contributed by atoms with Gasteiger partial charge in [-0.25, -0.2) is 18.7 Å². The van der Waals surface area contributed by atoms with Crippen LogP contribution in [0.5, 0.6) is 11.5 Å². The summed E-state index contributed by atoms with van der Waals surface area (Å²) in [6.45, 7) is 5.80. The number of ether oxygens (including phenoxy) is 2. The lowest BCUT2D eigenvalue weighted by Crippen LogP contribution is -2.53. The standard InChI is InChI=1S/C27H28ClF2N5O4/c1-4-20(14-8-9-35(23(36)5-2)19(10-14)26(31)37)39-22-11-15-18(12-21(22)38-3)32-13-33-27(15)34-17-7-6-16(29)24(28)25(17)30/h5-7,11-14,19-20H,2,4,8-10H2,1,3H3,(H2,31,37)(H,32,33,34). The van der Waals surface area contributed by atoms with E-state index in [-0.39, 0.29) is 29.4 Å². The van der Waals surface area contributed by atoms with E-state index in [9.17, 15) is 18.4 Å². The maximum atomic E-state index is 14.6. The van der Waals surface area contributed by atoms with Crippen molar-refractivity contribution in [2.24, 2.45) is 11.7 Å². The van der Waals surface area contributed by atoms with Crippen LogP contribution in [0.1, 0.15) is 26.2 Å². The average molecular weight is 560 g/mol. The molecule has 2 heterocycles. The van der Waals surface area contributed by atoms with Crippen molar-refractivity contribution in [1.29, 1.82) is 0 Å². The monoisotopic (exact) mass is 559 g/mol. The first-order valence-corrected chi connectivity index (χ1v) is 12.7. The van der Waals surface area contributed by atoms with Crippen molar-refractivity contribution in [3.63, 3.8) is 0 Å². The second kappa shape index (κ2) is 11.8. The molecule has 12 heteroatoms. The molecule has 3 unspecified atom stereocenters. The third-order valence-electron chi connectivity index (χ3n) is 6.84. The zero-order valence-electron chi connectivity index (χ0n) is 21.4. The third-order valence-corrected chi connectivity index (χ3v) is 7.19. The molecule has 3 N–H and O–H groups in total. The number of primary amides is 1. The number of methoxy groups -OCH3 is 1. The highest BCUT2D eigenvalue weighted by molar-refractivity contribution is 6.31. The number of nitrogens with two attached hydrogens (primary N) is 1. The highest BCUT2D eigenvalue weighted by Gasteiger charge is 2.38. The molecule has 39 heavy (non-hydrogen) atoms. The van der Waals surface area contributed by atoms with Crippen LogP contribution in [0.15, 0.2) is 43.2 Å². The van der Waals surface area contributed by atoms with Crippen molar-refractivity contribution in [3.8, 4) is 11.5 Å². The number of hydrogen-bond acceptors (Lipinski definition) is 7. The number of rotatable bonds is 9. The number of piperidine rings is 1. The van der Waals surface area contributed by atoms with Crippen molar-refractivity contribution in [2.45, 2.75) is 38.3 Å². The fraction of sp³-hybridized carbons (Fsp3) is 0.333. The lowest BCUT2D eigenvalue weighted by Gasteiger charge is -2.40. The molecule has 9 nitrogen and oxygen atoms in total. The fourth-order valence-electron chi connectivity index (χ4n) is 4.82. The first-order chi connectivity index (χ1) is 18.7. The molecule has 4 rings (SSSR count). The second-order valence-corrected chi connectivity index (χ2v) is 9.47. The molecule has 3 aromatic rings. The van der Waals surface area contributed by atoms with E-state index >= 15 is 0 Å². The summed E-state index contributed by atoms with van der Waals surface area (Å²) in [5, 5.41) is 2.70. The summed E-state index contributed by atoms with van der Waals surface area (Å²) in [7, 11) is 1.49. The minimum atomic E-state index is -0.954. The second-order valence-electron chi connectivity index (χ2n) is 9.09. The molecule has 0 aliphatic carbocycles. The van der Waals surface area contributed by atoms with E-state index in [2.05, 4.69) is 21.9 Å². The van der Waals surface area contributed by atoms with Crippen LogP contribution in [0.3, 0.4) is 0 Å². The Morgan fingerprint density at radius 1 is 1.31 bits per heavy atom. The van der Waals surface area contributed by atoms with E-state index in [4.69, 9.17) is 26.8 Å². The van der Waals surface area contributed by atoms with Gasteiger partial charge in [-0.3, -0.25) is 9.59 Å². The molecule has 2 aromatic carbocycles. The molecular formula is C27H28ClF2N5O4. The molecule has 0 radical (unpaired) electrons. The van der Waals surface area contributed by atoms with Crippen LogP contribution < -0.4 is 20.5 Å². The highest BCUT2D eigenvalue weighted by atomic mass is 35.5. The first kappa shape index (κ1) is 28.0. The summed E-state index contributed by atoms with van der Waals surface area (Å²) < 4.78 is 40.2. The number of anilines is 2. The molecule has 1 aliphatic heterocycles. The van der Waals surface area contributed by atoms with Crippen LogP contribution >= 0.6 is 11.6 Å². The van der Waals surface area contributed by atoms with Gasteiger partial charge in [-0.15, -0.1) is 0 Å². The molecule has 1 fully saturated rings. The van der Waals surface area contributed by atoms with Gasteiger partial charge in [-0.2, -0.15) is 0 Å². The Labute approximate surface area is 228 Å². The fourth-order valence-corrected chi connectivity index (χ4v) is 4.99. The number of likely N-dealkylation sites (tertiary alicyclic amines) is 1. The molecule has 1 saturated heterocycles. The Bertz CT molecular complexity index is 1420. The van der Waals surface area contributed by atoms with Crippen LogP contribution in [0.25, 0.3) is 10.9 Å². The molecule has 1 aromatic heterocycles. The van der Waals surface area contributed by atoms with Gasteiger partial charge in [0.15, 0.2) is 17.3 Å². The highest BCUT2D eigenvalue weighted by Crippen LogP contribution is 2.38. The molecule has 2 amide bonds. The van der Waals surface area contributed by atoms with Crippen LogP contribution in [0, 0.1) is 17.6 Å². The SMILES string of the molecule is C=CC(=O)N1CCC(C(CC)Oc2cc3c(Nc4ccc(F)c(Cl)c4F)ncnc3cc2OC)CC1C(N)=O. The topological polar surface area (TPSA) is 120 Å². The number of carbonyl (C=O) groups excluding carboxylic acids is 2. The van der Waals surface area contributed by atoms with Crippen LogP contribution in [0.2, 0.25) is 5.02 Å². The van der Waals surface area contributed by atoms with Gasteiger partial charge in [-0.1, -0.05) is 25.1 Å². The Morgan fingerprint density at radius 2 is 2.08 bits per heavy atom. The first-order valence-electron chi connectivity index (χ1n) is 12.3. The van der Waals surface area contributed by atoms with E-state index in [1.54, 1.807) is 12.1 Å². The normalized spacial score (nSPS) is 17.9. The zero-order chi connectivity index (χ0) is 28.3. The van der Waals surface area contributed by atoms with Crippen molar-refractivity contribution < 1.29 is 27.8 Å². The smallest absolute Gasteiger partial charge is 0.246 e. The lowest BCUT2D eigenvalue weighted by atomic mass is 9.85. The quantitative estimate of drug-likeness (QED) is 0.287. The zero-order valence-corrected chi connectivity index (χ0v) is 22.2. The van der Waals surface area contributed by atoms with Gasteiger partial charge in [0.05, 0.1) is 18.3 Å². The van der Waals surface area contributed by atoms with E-state index in [0.717, 1.165) is 6.07 Å². The van der Waals surface area contributed by atoms with E-state index in [0.29, 0.717) is 48.2 Å². The van der Waals surface area contributed by atoms with Gasteiger partial charge in [0.25, 0.3) is 0 Å². The van der Waals surface area contributed by atoms with Gasteiger partial charge in [0.1, 0.15) is 35.1 Å². The van der Waals surface area contributed by atoms with E-state index in [1.165, 1.54) is 30.5 Å². The third kappa shape index (κ3) is 5.73. The maximum absolute atomic E-state index is 14.6. The number of hydrogen-bond donors (Lipinski definition) is 2. The minimum absolute atomic E-state index is 0.0653. The number of amides is 2. The Hall–Kier alpha value is -3.99. The number of nitrogens with one attached hydrogen (secondary N) is 1. The van der Waals surface area contributed by atoms with Crippen LogP contribution in [0.4, 0.5) is 20.3 Å². The Morgan fingerprint density at radius 3 is 2.74 bits per heavy atom. The maximum Gasteiger partial charge on any atom is 0.246 e. The van der Waals surface area contributed by atoms with Crippen LogP contribution in [-0.4, -0.2) is 52.5 Å². The molecule has 0 saturated carbocycles. The van der Waals surface area contributed by atoms with Crippen molar-refractivity contribution >= 4 is 45.8 Å².